The van der Waals surface area contributed by atoms with Gasteiger partial charge < -0.3 is 0 Å². The lowest BCUT2D eigenvalue weighted by molar-refractivity contribution is -0.109. The summed E-state index contributed by atoms with van der Waals surface area (Å²) < 4.78 is 0. The number of carbonyl (C=O) groups excluding carboxylic acids is 1. The van der Waals surface area contributed by atoms with Gasteiger partial charge in [0.1, 0.15) is 0 Å². The van der Waals surface area contributed by atoms with Gasteiger partial charge in [-0.2, -0.15) is 0 Å². The van der Waals surface area contributed by atoms with Crippen LogP contribution < -0.4 is 0 Å². The summed E-state index contributed by atoms with van der Waals surface area (Å²) in [5.74, 6) is 0.710. The molecule has 1 aromatic carbocycles. The van der Waals surface area contributed by atoms with E-state index in [1.165, 1.54) is 17.3 Å². The van der Waals surface area contributed by atoms with Crippen molar-refractivity contribution >= 4 is 34.6 Å². The molecule has 0 N–H and O–H groups in total. The van der Waals surface area contributed by atoms with Crippen molar-refractivity contribution in [3.8, 4) is 0 Å². The van der Waals surface area contributed by atoms with Crippen molar-refractivity contribution in [2.24, 2.45) is 0 Å². The molecule has 0 heterocycles. The maximum absolute atomic E-state index is 10.7. The summed E-state index contributed by atoms with van der Waals surface area (Å²) >= 11 is 7.19. The van der Waals surface area contributed by atoms with Crippen molar-refractivity contribution in [2.45, 2.75) is 13.8 Å². The van der Waals surface area contributed by atoms with E-state index in [1.54, 1.807) is 6.92 Å². The molecule has 0 saturated carbocycles. The summed E-state index contributed by atoms with van der Waals surface area (Å²) in [4.78, 5) is 10.7. The van der Waals surface area contributed by atoms with E-state index in [1.807, 2.05) is 37.3 Å². The van der Waals surface area contributed by atoms with Crippen molar-refractivity contribution < 1.29 is 4.79 Å². The van der Waals surface area contributed by atoms with Crippen LogP contribution in [0, 0.1) is 6.92 Å². The van der Waals surface area contributed by atoms with Gasteiger partial charge in [-0.3, -0.25) is 4.79 Å². The van der Waals surface area contributed by atoms with Crippen LogP contribution in [-0.2, 0) is 4.79 Å². The van der Waals surface area contributed by atoms with Gasteiger partial charge in [0.2, 0.25) is 0 Å². The zero-order valence-corrected chi connectivity index (χ0v) is 10.4. The molecule has 0 saturated heterocycles. The third-order valence-corrected chi connectivity index (χ3v) is 2.92. The summed E-state index contributed by atoms with van der Waals surface area (Å²) in [6, 6.07) is 5.78. The third kappa shape index (κ3) is 4.54. The highest BCUT2D eigenvalue weighted by Crippen LogP contribution is 2.17. The van der Waals surface area contributed by atoms with Crippen LogP contribution in [0.25, 0.3) is 6.08 Å². The van der Waals surface area contributed by atoms with Crippen LogP contribution >= 0.6 is 23.4 Å². The molecule has 0 aliphatic rings. The lowest BCUT2D eigenvalue weighted by Crippen LogP contribution is -1.83. The van der Waals surface area contributed by atoms with Gasteiger partial charge in [0.15, 0.2) is 5.12 Å². The second-order valence-corrected chi connectivity index (χ2v) is 4.84. The number of halogens is 1. The topological polar surface area (TPSA) is 17.1 Å². The fourth-order valence-electron chi connectivity index (χ4n) is 1.13. The first-order valence-electron chi connectivity index (χ1n) is 4.65. The second-order valence-electron chi connectivity index (χ2n) is 3.21. The number of carbonyl (C=O) groups is 1. The van der Waals surface area contributed by atoms with Gasteiger partial charge in [0.25, 0.3) is 0 Å². The summed E-state index contributed by atoms with van der Waals surface area (Å²) in [7, 11) is 0. The zero-order chi connectivity index (χ0) is 11.3. The molecule has 1 aromatic rings. The van der Waals surface area contributed by atoms with Gasteiger partial charge in [-0.15, -0.1) is 0 Å². The van der Waals surface area contributed by atoms with Gasteiger partial charge in [-0.1, -0.05) is 41.6 Å². The average Bonchev–Trinajstić information content (AvgIpc) is 2.17. The summed E-state index contributed by atoms with van der Waals surface area (Å²) in [5, 5.41) is 0.877. The highest BCUT2D eigenvalue weighted by molar-refractivity contribution is 8.13. The third-order valence-electron chi connectivity index (χ3n) is 1.92. The Kier molecular flexibility index (Phi) is 4.92. The summed E-state index contributed by atoms with van der Waals surface area (Å²) in [6.07, 6.45) is 3.97. The fourth-order valence-corrected chi connectivity index (χ4v) is 1.74. The Balaban J connectivity index is 2.63. The van der Waals surface area contributed by atoms with Crippen molar-refractivity contribution in [3.05, 3.63) is 40.4 Å². The van der Waals surface area contributed by atoms with Crippen molar-refractivity contribution in [1.29, 1.82) is 0 Å². The molecule has 0 aliphatic carbocycles. The first-order chi connectivity index (χ1) is 7.09. The number of rotatable bonds is 3. The summed E-state index contributed by atoms with van der Waals surface area (Å²) in [6.45, 7) is 3.61. The van der Waals surface area contributed by atoms with Gasteiger partial charge in [-0.25, -0.2) is 0 Å². The van der Waals surface area contributed by atoms with Crippen LogP contribution in [-0.4, -0.2) is 10.9 Å². The van der Waals surface area contributed by atoms with Gasteiger partial charge in [0, 0.05) is 17.7 Å². The maximum Gasteiger partial charge on any atom is 0.186 e. The fraction of sp³-hybridized carbons (Fsp3) is 0.250. The molecule has 0 bridgehead atoms. The predicted octanol–water partition coefficient (Wildman–Crippen LogP) is 3.94. The Bertz CT molecular complexity index is 385. The Hall–Kier alpha value is -0.730. The monoisotopic (exact) mass is 240 g/mol. The van der Waals surface area contributed by atoms with E-state index in [9.17, 15) is 4.79 Å². The molecule has 0 amide bonds. The highest BCUT2D eigenvalue weighted by atomic mass is 35.5. The molecule has 3 heteroatoms. The number of benzene rings is 1. The van der Waals surface area contributed by atoms with Crippen LogP contribution in [0.4, 0.5) is 0 Å². The minimum atomic E-state index is 0.141. The van der Waals surface area contributed by atoms with Crippen molar-refractivity contribution in [3.63, 3.8) is 0 Å². The van der Waals surface area contributed by atoms with E-state index < -0.39 is 0 Å². The first-order valence-corrected chi connectivity index (χ1v) is 6.02. The van der Waals surface area contributed by atoms with Crippen molar-refractivity contribution in [2.75, 3.05) is 5.75 Å². The maximum atomic E-state index is 10.7. The number of aryl methyl sites for hydroxylation is 1. The molecule has 0 radical (unpaired) electrons. The Morgan fingerprint density at radius 3 is 2.93 bits per heavy atom. The molecule has 0 spiro atoms. The molecule has 1 nitrogen and oxygen atoms in total. The number of hydrogen-bond donors (Lipinski definition) is 0. The molecule has 0 unspecified atom stereocenters. The molecule has 1 rings (SSSR count). The van der Waals surface area contributed by atoms with E-state index in [0.29, 0.717) is 5.75 Å². The van der Waals surface area contributed by atoms with Crippen molar-refractivity contribution in [1.82, 2.24) is 0 Å². The first kappa shape index (κ1) is 12.3. The number of thioether (sulfide) groups is 1. The lowest BCUT2D eigenvalue weighted by Gasteiger charge is -2.00. The molecule has 15 heavy (non-hydrogen) atoms. The van der Waals surface area contributed by atoms with Crippen LogP contribution in [0.3, 0.4) is 0 Å². The quantitative estimate of drug-likeness (QED) is 0.796. The highest BCUT2D eigenvalue weighted by Gasteiger charge is 1.95. The lowest BCUT2D eigenvalue weighted by atomic mass is 10.1. The van der Waals surface area contributed by atoms with Crippen LogP contribution in [0.1, 0.15) is 18.1 Å². The molecule has 80 valence electrons. The van der Waals surface area contributed by atoms with Gasteiger partial charge >= 0.3 is 0 Å². The molecular weight excluding hydrogens is 228 g/mol. The van der Waals surface area contributed by atoms with Crippen LogP contribution in [0.15, 0.2) is 24.3 Å². The minimum absolute atomic E-state index is 0.141. The van der Waals surface area contributed by atoms with Gasteiger partial charge in [0.05, 0.1) is 0 Å². The number of hydrogen-bond acceptors (Lipinski definition) is 2. The zero-order valence-electron chi connectivity index (χ0n) is 8.79. The molecular formula is C12H13ClOS. The van der Waals surface area contributed by atoms with E-state index in [2.05, 4.69) is 0 Å². The largest absolute Gasteiger partial charge is 0.288 e. The summed E-state index contributed by atoms with van der Waals surface area (Å²) in [5.41, 5.74) is 2.29. The normalized spacial score (nSPS) is 10.9. The van der Waals surface area contributed by atoms with E-state index in [-0.39, 0.29) is 5.12 Å². The minimum Gasteiger partial charge on any atom is -0.288 e. The Morgan fingerprint density at radius 2 is 2.27 bits per heavy atom. The average molecular weight is 241 g/mol. The molecule has 0 aliphatic heterocycles. The van der Waals surface area contributed by atoms with E-state index in [4.69, 9.17) is 11.6 Å². The predicted molar refractivity (Wildman–Crippen MR) is 68.4 cm³/mol. The van der Waals surface area contributed by atoms with E-state index in [0.717, 1.165) is 10.6 Å². The Morgan fingerprint density at radius 1 is 1.53 bits per heavy atom. The van der Waals surface area contributed by atoms with Crippen LogP contribution in [0.5, 0.6) is 0 Å². The molecule has 0 atom stereocenters. The smallest absolute Gasteiger partial charge is 0.186 e. The molecule has 0 fully saturated rings. The van der Waals surface area contributed by atoms with E-state index >= 15 is 0 Å². The Labute approximate surface area is 99.5 Å². The second kappa shape index (κ2) is 5.99. The standard InChI is InChI=1S/C12H13ClOS/c1-9-5-6-12(13)8-11(9)4-3-7-15-10(2)14/h3-6,8H,7H2,1-2H3. The SMILES string of the molecule is CC(=O)SCC=Cc1cc(Cl)ccc1C. The van der Waals surface area contributed by atoms with Crippen LogP contribution in [0.2, 0.25) is 5.02 Å². The molecule has 0 aromatic heterocycles. The van der Waals surface area contributed by atoms with Gasteiger partial charge in [-0.05, 0) is 30.2 Å².